The zero-order valence-electron chi connectivity index (χ0n) is 15.4. The van der Waals surface area contributed by atoms with Crippen LogP contribution >= 0.6 is 11.3 Å². The van der Waals surface area contributed by atoms with Crippen molar-refractivity contribution in [2.45, 2.75) is 26.2 Å². The average molecular weight is 376 g/mol. The molecule has 0 radical (unpaired) electrons. The molecule has 0 aliphatic heterocycles. The molecule has 4 aromatic rings. The Labute approximate surface area is 161 Å². The Morgan fingerprint density at radius 1 is 0.963 bits per heavy atom. The van der Waals surface area contributed by atoms with Crippen LogP contribution in [0.5, 0.6) is 0 Å². The van der Waals surface area contributed by atoms with Gasteiger partial charge in [0.05, 0.1) is 6.20 Å². The Hall–Kier alpha value is -2.99. The van der Waals surface area contributed by atoms with Gasteiger partial charge in [-0.2, -0.15) is 0 Å². The van der Waals surface area contributed by atoms with Gasteiger partial charge in [-0.3, -0.25) is 0 Å². The molecule has 6 heteroatoms. The second-order valence-corrected chi connectivity index (χ2v) is 8.32. The van der Waals surface area contributed by atoms with Crippen LogP contribution in [0.3, 0.4) is 0 Å². The van der Waals surface area contributed by atoms with E-state index in [1.54, 1.807) is 17.5 Å². The molecule has 0 amide bonds. The predicted molar refractivity (Wildman–Crippen MR) is 111 cm³/mol. The molecule has 0 bridgehead atoms. The Balaban J connectivity index is 1.47. The minimum atomic E-state index is -0.0481. The topological polar surface area (TPSA) is 63.8 Å². The molecule has 0 atom stereocenters. The van der Waals surface area contributed by atoms with Gasteiger partial charge in [-0.25, -0.2) is 15.0 Å². The minimum absolute atomic E-state index is 0.0481. The fourth-order valence-electron chi connectivity index (χ4n) is 2.55. The standard InChI is InChI=1S/C21H20N4OS/c1-21(2,3)17-13-23-19(26-17)9-8-16-12-24-20(27-16)25-18-10-14-6-4-5-7-15(14)11-22-18/h4-13H,1-3H3,(H,22,24,25)/b9-8+. The third-order valence-electron chi connectivity index (χ3n) is 4.04. The number of fused-ring (bicyclic) bond motifs is 1. The fraction of sp³-hybridized carbons (Fsp3) is 0.190. The first-order valence-corrected chi connectivity index (χ1v) is 9.51. The molecule has 3 heterocycles. The number of oxazole rings is 1. The lowest BCUT2D eigenvalue weighted by atomic mass is 9.94. The molecule has 3 aromatic heterocycles. The van der Waals surface area contributed by atoms with E-state index >= 15 is 0 Å². The monoisotopic (exact) mass is 376 g/mol. The molecule has 27 heavy (non-hydrogen) atoms. The number of hydrogen-bond donors (Lipinski definition) is 1. The second-order valence-electron chi connectivity index (χ2n) is 7.26. The molecule has 0 aliphatic carbocycles. The van der Waals surface area contributed by atoms with Crippen LogP contribution in [0.25, 0.3) is 22.9 Å². The van der Waals surface area contributed by atoms with E-state index in [-0.39, 0.29) is 5.41 Å². The quantitative estimate of drug-likeness (QED) is 0.481. The summed E-state index contributed by atoms with van der Waals surface area (Å²) < 4.78 is 5.77. The number of benzene rings is 1. The maximum Gasteiger partial charge on any atom is 0.218 e. The lowest BCUT2D eigenvalue weighted by molar-refractivity contribution is 0.403. The summed E-state index contributed by atoms with van der Waals surface area (Å²) in [6.45, 7) is 6.30. The van der Waals surface area contributed by atoms with Gasteiger partial charge >= 0.3 is 0 Å². The number of aromatic nitrogens is 3. The molecule has 1 aromatic carbocycles. The highest BCUT2D eigenvalue weighted by Crippen LogP contribution is 2.26. The number of nitrogens with one attached hydrogen (secondary N) is 1. The maximum atomic E-state index is 5.77. The molecular weight excluding hydrogens is 356 g/mol. The van der Waals surface area contributed by atoms with Crippen LogP contribution < -0.4 is 5.32 Å². The van der Waals surface area contributed by atoms with Crippen LogP contribution in [0.1, 0.15) is 37.3 Å². The Bertz CT molecular complexity index is 1100. The fourth-order valence-corrected chi connectivity index (χ4v) is 3.27. The van der Waals surface area contributed by atoms with Gasteiger partial charge in [0.2, 0.25) is 5.89 Å². The molecule has 0 fully saturated rings. The van der Waals surface area contributed by atoms with E-state index < -0.39 is 0 Å². The SMILES string of the molecule is CC(C)(C)c1cnc(/C=C/c2cnc(Nc3cc4ccccc4cn3)s2)o1. The van der Waals surface area contributed by atoms with Crippen molar-refractivity contribution in [1.29, 1.82) is 0 Å². The third kappa shape index (κ3) is 4.06. The van der Waals surface area contributed by atoms with E-state index in [0.717, 1.165) is 32.4 Å². The normalized spacial score (nSPS) is 12.1. The van der Waals surface area contributed by atoms with Crippen LogP contribution in [-0.2, 0) is 5.41 Å². The Morgan fingerprint density at radius 3 is 2.56 bits per heavy atom. The molecule has 0 saturated heterocycles. The summed E-state index contributed by atoms with van der Waals surface area (Å²) in [5, 5.41) is 6.31. The van der Waals surface area contributed by atoms with Crippen LogP contribution in [-0.4, -0.2) is 15.0 Å². The van der Waals surface area contributed by atoms with E-state index in [2.05, 4.69) is 47.1 Å². The lowest BCUT2D eigenvalue weighted by Gasteiger charge is -2.12. The van der Waals surface area contributed by atoms with Crippen LogP contribution in [0.4, 0.5) is 10.9 Å². The zero-order chi connectivity index (χ0) is 18.9. The lowest BCUT2D eigenvalue weighted by Crippen LogP contribution is -2.09. The van der Waals surface area contributed by atoms with E-state index in [1.165, 1.54) is 0 Å². The molecule has 0 spiro atoms. The van der Waals surface area contributed by atoms with Crippen molar-refractivity contribution < 1.29 is 4.42 Å². The zero-order valence-corrected chi connectivity index (χ0v) is 16.2. The highest BCUT2D eigenvalue weighted by atomic mass is 32.1. The summed E-state index contributed by atoms with van der Waals surface area (Å²) in [4.78, 5) is 14.2. The van der Waals surface area contributed by atoms with Gasteiger partial charge in [0, 0.05) is 34.1 Å². The first kappa shape index (κ1) is 17.4. The number of nitrogens with zero attached hydrogens (tertiary/aromatic N) is 3. The summed E-state index contributed by atoms with van der Waals surface area (Å²) >= 11 is 1.55. The predicted octanol–water partition coefficient (Wildman–Crippen LogP) is 5.89. The van der Waals surface area contributed by atoms with E-state index in [0.29, 0.717) is 5.89 Å². The first-order chi connectivity index (χ1) is 13.0. The summed E-state index contributed by atoms with van der Waals surface area (Å²) in [7, 11) is 0. The molecule has 0 unspecified atom stereocenters. The summed E-state index contributed by atoms with van der Waals surface area (Å²) in [6.07, 6.45) is 9.28. The number of hydrogen-bond acceptors (Lipinski definition) is 6. The molecular formula is C21H20N4OS. The minimum Gasteiger partial charge on any atom is -0.441 e. The van der Waals surface area contributed by atoms with Crippen molar-refractivity contribution >= 4 is 45.2 Å². The van der Waals surface area contributed by atoms with Gasteiger partial charge in [0.1, 0.15) is 11.6 Å². The molecule has 1 N–H and O–H groups in total. The molecule has 0 saturated carbocycles. The van der Waals surface area contributed by atoms with Crippen molar-refractivity contribution in [2.24, 2.45) is 0 Å². The number of thiazole rings is 1. The largest absolute Gasteiger partial charge is 0.441 e. The Morgan fingerprint density at radius 2 is 1.78 bits per heavy atom. The summed E-state index contributed by atoms with van der Waals surface area (Å²) in [6, 6.07) is 10.2. The number of anilines is 2. The van der Waals surface area contributed by atoms with Gasteiger partial charge in [-0.15, -0.1) is 0 Å². The highest BCUT2D eigenvalue weighted by molar-refractivity contribution is 7.16. The van der Waals surface area contributed by atoms with E-state index in [9.17, 15) is 0 Å². The van der Waals surface area contributed by atoms with Crippen molar-refractivity contribution in [1.82, 2.24) is 15.0 Å². The number of rotatable bonds is 4. The molecule has 136 valence electrons. The first-order valence-electron chi connectivity index (χ1n) is 8.69. The van der Waals surface area contributed by atoms with Gasteiger partial charge in [0.25, 0.3) is 0 Å². The molecule has 0 aliphatic rings. The van der Waals surface area contributed by atoms with Crippen molar-refractivity contribution in [3.63, 3.8) is 0 Å². The molecule has 4 rings (SSSR count). The summed E-state index contributed by atoms with van der Waals surface area (Å²) in [5.41, 5.74) is -0.0481. The van der Waals surface area contributed by atoms with Crippen molar-refractivity contribution in [2.75, 3.05) is 5.32 Å². The van der Waals surface area contributed by atoms with Gasteiger partial charge in [-0.1, -0.05) is 56.4 Å². The van der Waals surface area contributed by atoms with Crippen molar-refractivity contribution in [3.8, 4) is 0 Å². The van der Waals surface area contributed by atoms with E-state index in [1.807, 2.05) is 48.8 Å². The van der Waals surface area contributed by atoms with Crippen molar-refractivity contribution in [3.05, 3.63) is 65.5 Å². The Kier molecular flexibility index (Phi) is 4.49. The van der Waals surface area contributed by atoms with Crippen LogP contribution in [0, 0.1) is 0 Å². The molecule has 5 nitrogen and oxygen atoms in total. The summed E-state index contributed by atoms with van der Waals surface area (Å²) in [5.74, 6) is 2.25. The third-order valence-corrected chi connectivity index (χ3v) is 4.92. The van der Waals surface area contributed by atoms with Gasteiger partial charge < -0.3 is 9.73 Å². The number of pyridine rings is 1. The van der Waals surface area contributed by atoms with E-state index in [4.69, 9.17) is 4.42 Å². The van der Waals surface area contributed by atoms with Gasteiger partial charge in [-0.05, 0) is 17.5 Å². The maximum absolute atomic E-state index is 5.77. The van der Waals surface area contributed by atoms with Crippen LogP contribution in [0.2, 0.25) is 0 Å². The average Bonchev–Trinajstić information content (AvgIpc) is 3.29. The van der Waals surface area contributed by atoms with Gasteiger partial charge in [0.15, 0.2) is 5.13 Å². The van der Waals surface area contributed by atoms with Crippen LogP contribution in [0.15, 0.2) is 53.3 Å². The second kappa shape index (κ2) is 6.96. The smallest absolute Gasteiger partial charge is 0.218 e. The highest BCUT2D eigenvalue weighted by Gasteiger charge is 2.18.